The zero-order chi connectivity index (χ0) is 29.8. The molecule has 8 heteroatoms. The Hall–Kier alpha value is -4.30. The number of hydrogen-bond acceptors (Lipinski definition) is 6. The molecular weight excluding hydrogens is 544 g/mol. The van der Waals surface area contributed by atoms with Gasteiger partial charge in [-0.2, -0.15) is 0 Å². The van der Waals surface area contributed by atoms with Crippen molar-refractivity contribution in [1.82, 2.24) is 10.2 Å². The van der Waals surface area contributed by atoms with E-state index in [0.717, 1.165) is 22.0 Å². The van der Waals surface area contributed by atoms with Crippen LogP contribution >= 0.6 is 11.8 Å². The maximum Gasteiger partial charge on any atom is 0.255 e. The highest BCUT2D eigenvalue weighted by atomic mass is 32.2. The number of hydrogen-bond donors (Lipinski definition) is 2. The molecule has 2 aliphatic heterocycles. The molecule has 0 fully saturated rings. The minimum absolute atomic E-state index is 0.0936. The third-order valence-corrected chi connectivity index (χ3v) is 8.42. The summed E-state index contributed by atoms with van der Waals surface area (Å²) in [5.74, 6) is 0.758. The number of amides is 2. The quantitative estimate of drug-likeness (QED) is 0.278. The van der Waals surface area contributed by atoms with Crippen LogP contribution in [0.1, 0.15) is 68.8 Å². The number of nitrogens with one attached hydrogen (secondary N) is 2. The molecule has 2 N–H and O–H groups in total. The van der Waals surface area contributed by atoms with Crippen molar-refractivity contribution in [3.05, 3.63) is 118 Å². The minimum Gasteiger partial charge on any atom is -0.497 e. The zero-order valence-corrected chi connectivity index (χ0v) is 25.4. The van der Waals surface area contributed by atoms with Gasteiger partial charge in [-0.1, -0.05) is 80.2 Å². The number of allylic oxidation sites excluding steroid dienone is 1. The molecule has 2 amide bonds. The number of thioether (sulfide) groups is 1. The fourth-order valence-electron chi connectivity index (χ4n) is 5.19. The fourth-order valence-corrected chi connectivity index (χ4v) is 6.16. The van der Waals surface area contributed by atoms with Crippen LogP contribution in [0, 0.1) is 0 Å². The molecule has 5 rings (SSSR count). The maximum absolute atomic E-state index is 13.9. The van der Waals surface area contributed by atoms with Crippen molar-refractivity contribution < 1.29 is 14.3 Å². The average molecular weight is 581 g/mol. The van der Waals surface area contributed by atoms with E-state index >= 15 is 0 Å². The summed E-state index contributed by atoms with van der Waals surface area (Å²) in [4.78, 5) is 34.0. The average Bonchev–Trinajstić information content (AvgIpc) is 3.38. The number of benzene rings is 3. The molecule has 0 saturated heterocycles. The molecule has 216 valence electrons. The van der Waals surface area contributed by atoms with Gasteiger partial charge in [-0.25, -0.2) is 4.99 Å². The number of fused-ring (bicyclic) bond motifs is 1. The van der Waals surface area contributed by atoms with Crippen molar-refractivity contribution in [2.24, 2.45) is 4.99 Å². The standard InChI is InChI=1S/C34H36N4O3S/c1-21(2)24-11-13-26(14-12-24)32-31(33(40)37-27-15-17-29(41-5)18-16-27)23(4)36-34-38(32)28(20-42-34)19-30(39)35-22(3)25-9-7-6-8-10-25/h6-18,20-22,32H,19H2,1-5H3,(H,35,39)(H,37,40)/t22-,32+/m0/s1. The van der Waals surface area contributed by atoms with Crippen molar-refractivity contribution in [3.63, 3.8) is 0 Å². The normalized spacial score (nSPS) is 16.9. The third kappa shape index (κ3) is 6.29. The van der Waals surface area contributed by atoms with Gasteiger partial charge in [0.05, 0.1) is 36.9 Å². The molecule has 0 unspecified atom stereocenters. The van der Waals surface area contributed by atoms with Crippen molar-refractivity contribution >= 4 is 34.4 Å². The monoisotopic (exact) mass is 580 g/mol. The van der Waals surface area contributed by atoms with Crippen LogP contribution in [0.2, 0.25) is 0 Å². The van der Waals surface area contributed by atoms with Crippen LogP contribution in [0.5, 0.6) is 5.75 Å². The van der Waals surface area contributed by atoms with E-state index in [-0.39, 0.29) is 24.3 Å². The summed E-state index contributed by atoms with van der Waals surface area (Å²) >= 11 is 1.48. The van der Waals surface area contributed by atoms with Gasteiger partial charge in [0.25, 0.3) is 5.91 Å². The van der Waals surface area contributed by atoms with Gasteiger partial charge in [-0.15, -0.1) is 0 Å². The predicted octanol–water partition coefficient (Wildman–Crippen LogP) is 7.30. The number of ether oxygens (including phenoxy) is 1. The Kier molecular flexibility index (Phi) is 8.83. The Morgan fingerprint density at radius 3 is 2.29 bits per heavy atom. The highest BCUT2D eigenvalue weighted by molar-refractivity contribution is 8.16. The Morgan fingerprint density at radius 1 is 0.952 bits per heavy atom. The maximum atomic E-state index is 13.9. The first-order valence-electron chi connectivity index (χ1n) is 14.1. The van der Waals surface area contributed by atoms with Crippen LogP contribution in [0.4, 0.5) is 5.69 Å². The molecule has 0 saturated carbocycles. The third-order valence-electron chi connectivity index (χ3n) is 7.53. The second kappa shape index (κ2) is 12.7. The first kappa shape index (κ1) is 29.2. The highest BCUT2D eigenvalue weighted by Gasteiger charge is 2.40. The van der Waals surface area contributed by atoms with Gasteiger partial charge in [0.1, 0.15) is 5.75 Å². The van der Waals surface area contributed by atoms with E-state index in [1.807, 2.05) is 78.8 Å². The van der Waals surface area contributed by atoms with Crippen LogP contribution in [0.25, 0.3) is 0 Å². The van der Waals surface area contributed by atoms with Crippen LogP contribution in [0.15, 0.2) is 106 Å². The predicted molar refractivity (Wildman–Crippen MR) is 170 cm³/mol. The van der Waals surface area contributed by atoms with Crippen LogP contribution in [-0.2, 0) is 9.59 Å². The molecule has 3 aromatic rings. The first-order valence-corrected chi connectivity index (χ1v) is 15.0. The molecular formula is C34H36N4O3S. The lowest BCUT2D eigenvalue weighted by molar-refractivity contribution is -0.121. The van der Waals surface area contributed by atoms with Crippen LogP contribution in [-0.4, -0.2) is 29.0 Å². The summed E-state index contributed by atoms with van der Waals surface area (Å²) in [7, 11) is 1.61. The molecule has 0 spiro atoms. The smallest absolute Gasteiger partial charge is 0.255 e. The molecule has 2 heterocycles. The lowest BCUT2D eigenvalue weighted by atomic mass is 9.91. The van der Waals surface area contributed by atoms with E-state index in [4.69, 9.17) is 9.73 Å². The first-order chi connectivity index (χ1) is 20.2. The van der Waals surface area contributed by atoms with Gasteiger partial charge in [-0.3, -0.25) is 9.59 Å². The number of amidine groups is 1. The summed E-state index contributed by atoms with van der Waals surface area (Å²) < 4.78 is 5.26. The van der Waals surface area contributed by atoms with E-state index in [0.29, 0.717) is 28.6 Å². The zero-order valence-electron chi connectivity index (χ0n) is 24.5. The number of anilines is 1. The highest BCUT2D eigenvalue weighted by Crippen LogP contribution is 2.45. The molecule has 42 heavy (non-hydrogen) atoms. The largest absolute Gasteiger partial charge is 0.497 e. The number of methoxy groups -OCH3 is 1. The van der Waals surface area contributed by atoms with Gasteiger partial charge in [0.2, 0.25) is 5.91 Å². The van der Waals surface area contributed by atoms with Gasteiger partial charge in [0.15, 0.2) is 5.17 Å². The minimum atomic E-state index is -0.447. The van der Waals surface area contributed by atoms with Crippen LogP contribution in [0.3, 0.4) is 0 Å². The van der Waals surface area contributed by atoms with Gasteiger partial charge < -0.3 is 20.3 Å². The second-order valence-electron chi connectivity index (χ2n) is 10.8. The summed E-state index contributed by atoms with van der Waals surface area (Å²) in [6.45, 7) is 8.16. The number of rotatable bonds is 9. The molecule has 7 nitrogen and oxygen atoms in total. The van der Waals surface area contributed by atoms with E-state index in [2.05, 4.69) is 48.7 Å². The van der Waals surface area contributed by atoms with E-state index < -0.39 is 6.04 Å². The Morgan fingerprint density at radius 2 is 1.64 bits per heavy atom. The van der Waals surface area contributed by atoms with E-state index in [1.54, 1.807) is 7.11 Å². The number of aliphatic imine (C=N–C) groups is 1. The van der Waals surface area contributed by atoms with Crippen molar-refractivity contribution in [1.29, 1.82) is 0 Å². The lowest BCUT2D eigenvalue weighted by Crippen LogP contribution is -2.39. The van der Waals surface area contributed by atoms with Gasteiger partial charge in [-0.05, 0) is 66.1 Å². The van der Waals surface area contributed by atoms with Crippen LogP contribution < -0.4 is 15.4 Å². The molecule has 2 aliphatic rings. The number of carbonyl (C=O) groups is 2. The Labute approximate surface area is 251 Å². The van der Waals surface area contributed by atoms with Gasteiger partial charge in [0, 0.05) is 11.4 Å². The number of nitrogens with zero attached hydrogens (tertiary/aromatic N) is 2. The number of carbonyl (C=O) groups excluding carboxylic acids is 2. The van der Waals surface area contributed by atoms with E-state index in [9.17, 15) is 9.59 Å². The van der Waals surface area contributed by atoms with Crippen molar-refractivity contribution in [2.75, 3.05) is 12.4 Å². The SMILES string of the molecule is COc1ccc(NC(=O)C2=C(C)N=C3SC=C(CC(=O)N[C@@H](C)c4ccccc4)N3[C@@H]2c2ccc(C(C)C)cc2)cc1. The summed E-state index contributed by atoms with van der Waals surface area (Å²) in [5, 5.41) is 8.90. The Balaban J connectivity index is 1.45. The molecule has 0 aliphatic carbocycles. The Bertz CT molecular complexity index is 1540. The van der Waals surface area contributed by atoms with Crippen molar-refractivity contribution in [2.45, 2.75) is 52.1 Å². The summed E-state index contributed by atoms with van der Waals surface area (Å²) in [5.41, 5.74) is 5.86. The lowest BCUT2D eigenvalue weighted by Gasteiger charge is -2.37. The van der Waals surface area contributed by atoms with E-state index in [1.165, 1.54) is 17.3 Å². The molecule has 0 bridgehead atoms. The summed E-state index contributed by atoms with van der Waals surface area (Å²) in [6.07, 6.45) is 0.163. The van der Waals surface area contributed by atoms with Crippen molar-refractivity contribution in [3.8, 4) is 5.75 Å². The molecule has 3 aromatic carbocycles. The topological polar surface area (TPSA) is 83.0 Å². The van der Waals surface area contributed by atoms with Gasteiger partial charge >= 0.3 is 0 Å². The molecule has 0 aromatic heterocycles. The summed E-state index contributed by atoms with van der Waals surface area (Å²) in [6, 6.07) is 24.9. The second-order valence-corrected chi connectivity index (χ2v) is 11.6. The molecule has 0 radical (unpaired) electrons. The molecule has 2 atom stereocenters. The fraction of sp³-hybridized carbons (Fsp3) is 0.265.